The second kappa shape index (κ2) is 11.9. The van der Waals surface area contributed by atoms with Crippen LogP contribution < -0.4 is 14.4 Å². The van der Waals surface area contributed by atoms with Crippen LogP contribution in [0.15, 0.2) is 36.4 Å². The number of nitrogens with zero attached hydrogens (tertiary/aromatic N) is 1. The molecular weight excluding hydrogens is 580 g/mol. The first-order chi connectivity index (χ1) is 20.5. The van der Waals surface area contributed by atoms with Crippen LogP contribution in [0.2, 0.25) is 5.02 Å². The molecule has 2 aliphatic carbocycles. The molecule has 43 heavy (non-hydrogen) atoms. The predicted molar refractivity (Wildman–Crippen MR) is 177 cm³/mol. The molecule has 1 unspecified atom stereocenters. The van der Waals surface area contributed by atoms with E-state index in [1.165, 1.54) is 11.1 Å². The molecule has 2 heterocycles. The lowest BCUT2D eigenvalue weighted by Crippen LogP contribution is -2.49. The van der Waals surface area contributed by atoms with Gasteiger partial charge in [0.05, 0.1) is 28.1 Å². The Hall–Kier alpha value is -2.22. The zero-order valence-corrected chi connectivity index (χ0v) is 27.4. The minimum Gasteiger partial charge on any atom is -0.490 e. The first-order valence-electron chi connectivity index (χ1n) is 16.1. The molecule has 1 spiro atoms. The summed E-state index contributed by atoms with van der Waals surface area (Å²) in [6.45, 7) is 8.16. The highest BCUT2D eigenvalue weighted by Crippen LogP contribution is 2.48. The van der Waals surface area contributed by atoms with Gasteiger partial charge in [-0.05, 0) is 130 Å². The molecule has 1 fully saturated rings. The van der Waals surface area contributed by atoms with E-state index in [9.17, 15) is 14.1 Å². The Kier molecular flexibility index (Phi) is 8.55. The van der Waals surface area contributed by atoms with Gasteiger partial charge in [-0.15, -0.1) is 0 Å². The van der Waals surface area contributed by atoms with Crippen molar-refractivity contribution in [2.24, 2.45) is 23.7 Å². The average Bonchev–Trinajstić information content (AvgIpc) is 3.10. The Morgan fingerprint density at radius 1 is 1.14 bits per heavy atom. The molecular formula is C35H47ClN2O4S. The van der Waals surface area contributed by atoms with E-state index in [4.69, 9.17) is 16.3 Å². The van der Waals surface area contributed by atoms with Crippen molar-refractivity contribution >= 4 is 38.8 Å². The van der Waals surface area contributed by atoms with Crippen LogP contribution in [0.25, 0.3) is 0 Å². The number of nitrogens with one attached hydrogen (secondary N) is 1. The monoisotopic (exact) mass is 626 g/mol. The minimum atomic E-state index is -2.88. The van der Waals surface area contributed by atoms with Crippen molar-refractivity contribution in [2.45, 2.75) is 88.9 Å². The molecule has 8 atom stereocenters. The van der Waals surface area contributed by atoms with Gasteiger partial charge in [-0.3, -0.25) is 9.52 Å². The Morgan fingerprint density at radius 3 is 2.70 bits per heavy atom. The number of aliphatic hydroxyl groups is 1. The fourth-order valence-corrected chi connectivity index (χ4v) is 10.0. The zero-order chi connectivity index (χ0) is 30.5. The lowest BCUT2D eigenvalue weighted by atomic mass is 9.64. The molecule has 0 saturated heterocycles. The Balaban J connectivity index is 1.42. The van der Waals surface area contributed by atoms with Crippen molar-refractivity contribution in [2.75, 3.05) is 24.6 Å². The molecule has 234 valence electrons. The van der Waals surface area contributed by atoms with Crippen LogP contribution in [0.5, 0.6) is 5.75 Å². The molecule has 2 aliphatic heterocycles. The molecule has 4 aliphatic rings. The van der Waals surface area contributed by atoms with Crippen molar-refractivity contribution in [3.8, 4) is 5.75 Å². The molecule has 2 N–H and O–H groups in total. The zero-order valence-electron chi connectivity index (χ0n) is 25.8. The van der Waals surface area contributed by atoms with E-state index in [1.807, 2.05) is 32.0 Å². The summed E-state index contributed by atoms with van der Waals surface area (Å²) in [5.41, 5.74) is 3.79. The summed E-state index contributed by atoms with van der Waals surface area (Å²) in [7, 11) is -2.88. The van der Waals surface area contributed by atoms with Crippen molar-refractivity contribution in [3.63, 3.8) is 0 Å². The summed E-state index contributed by atoms with van der Waals surface area (Å²) >= 11 is 6.43. The lowest BCUT2D eigenvalue weighted by Gasteiger charge is -2.47. The first kappa shape index (κ1) is 30.8. The van der Waals surface area contributed by atoms with Gasteiger partial charge in [0.2, 0.25) is 0 Å². The van der Waals surface area contributed by atoms with Crippen LogP contribution in [0.4, 0.5) is 5.69 Å². The van der Waals surface area contributed by atoms with Gasteiger partial charge in [-0.1, -0.05) is 31.0 Å². The normalized spacial score (nSPS) is 35.4. The standard InChI is InChI=1S/C35H47ClN2O4S/c1-22-7-5-9-29(23(2)39)30-13-10-27(30)19-38-20-35(16-6-8-25-17-28(36)12-14-31(25)35)21-42-33-15-11-26(18-32(33)38)34(40)37-43(4,41)24(22)3/h11-12,14-15,17-18,22-24,27,29-30,39H,4-10,13,16,19-21H2,1-3H3,(H,37,40,41)/t22-,23-,24+,27-,29+,30+,35-,43?/m0/s1. The predicted octanol–water partition coefficient (Wildman–Crippen LogP) is 6.41. The van der Waals surface area contributed by atoms with Crippen LogP contribution in [0.1, 0.15) is 87.2 Å². The molecule has 1 saturated carbocycles. The summed E-state index contributed by atoms with van der Waals surface area (Å²) in [5, 5.41) is 11.4. The summed E-state index contributed by atoms with van der Waals surface area (Å²) in [6, 6.07) is 11.9. The number of fused-ring (bicyclic) bond motifs is 4. The Morgan fingerprint density at radius 2 is 1.95 bits per heavy atom. The molecule has 6 rings (SSSR count). The van der Waals surface area contributed by atoms with E-state index < -0.39 is 9.71 Å². The number of hydrogen-bond donors (Lipinski definition) is 2. The Labute approximate surface area is 262 Å². The third-order valence-corrected chi connectivity index (χ3v) is 13.7. The fourth-order valence-electron chi connectivity index (χ4n) is 8.33. The third kappa shape index (κ3) is 5.94. The van der Waals surface area contributed by atoms with E-state index in [2.05, 4.69) is 34.5 Å². The maximum Gasteiger partial charge on any atom is 0.262 e. The molecule has 2 bridgehead atoms. The van der Waals surface area contributed by atoms with Crippen LogP contribution >= 0.6 is 11.6 Å². The van der Waals surface area contributed by atoms with Crippen LogP contribution in [0, 0.1) is 23.7 Å². The van der Waals surface area contributed by atoms with E-state index >= 15 is 0 Å². The number of benzene rings is 2. The molecule has 0 aromatic heterocycles. The largest absolute Gasteiger partial charge is 0.490 e. The van der Waals surface area contributed by atoms with Crippen molar-refractivity contribution in [1.29, 1.82) is 0 Å². The third-order valence-electron chi connectivity index (χ3n) is 11.3. The number of anilines is 1. The number of aliphatic hydroxyl groups excluding tert-OH is 1. The molecule has 8 heteroatoms. The summed E-state index contributed by atoms with van der Waals surface area (Å²) in [5.74, 6) is 5.68. The topological polar surface area (TPSA) is 78.9 Å². The average molecular weight is 627 g/mol. The van der Waals surface area contributed by atoms with Gasteiger partial charge in [0.15, 0.2) is 0 Å². The highest BCUT2D eigenvalue weighted by atomic mass is 35.5. The van der Waals surface area contributed by atoms with Gasteiger partial charge in [-0.25, -0.2) is 4.21 Å². The van der Waals surface area contributed by atoms with Crippen molar-refractivity contribution in [3.05, 3.63) is 58.1 Å². The van der Waals surface area contributed by atoms with E-state index in [0.717, 1.165) is 80.9 Å². The van der Waals surface area contributed by atoms with Gasteiger partial charge in [0.1, 0.15) is 5.75 Å². The van der Waals surface area contributed by atoms with Gasteiger partial charge >= 0.3 is 0 Å². The van der Waals surface area contributed by atoms with E-state index in [1.54, 1.807) is 6.07 Å². The first-order valence-corrected chi connectivity index (χ1v) is 18.3. The maximum atomic E-state index is 13.7. The van der Waals surface area contributed by atoms with Gasteiger partial charge < -0.3 is 14.7 Å². The van der Waals surface area contributed by atoms with Crippen LogP contribution in [0.3, 0.4) is 0 Å². The maximum absolute atomic E-state index is 13.7. The number of aryl methyl sites for hydroxylation is 1. The second-order valence-electron chi connectivity index (χ2n) is 14.0. The summed E-state index contributed by atoms with van der Waals surface area (Å²) in [6.07, 6.45) is 7.78. The molecule has 0 radical (unpaired) electrons. The van der Waals surface area contributed by atoms with E-state index in [0.29, 0.717) is 24.0 Å². The highest BCUT2D eigenvalue weighted by molar-refractivity contribution is 7.99. The molecule has 2 aromatic rings. The Bertz CT molecular complexity index is 1480. The van der Waals surface area contributed by atoms with Gasteiger partial charge in [0, 0.05) is 34.3 Å². The second-order valence-corrected chi connectivity index (χ2v) is 16.8. The minimum absolute atomic E-state index is 0.130. The SMILES string of the molecule is C=S1(=O)NC(=O)c2ccc3c(c2)N(C[C@@H]2CC[C@H]2[C@@H]([C@H](C)O)CCC[C@H](C)[C@H]1C)C[C@@]1(CCCc2cc(Cl)ccc21)CO3. The van der Waals surface area contributed by atoms with Crippen molar-refractivity contribution in [1.82, 2.24) is 4.72 Å². The quantitative estimate of drug-likeness (QED) is 0.358. The lowest BCUT2D eigenvalue weighted by molar-refractivity contribution is 0.0112. The van der Waals surface area contributed by atoms with Crippen molar-refractivity contribution < 1.29 is 18.8 Å². The number of hydrogen-bond acceptors (Lipinski definition) is 5. The fraction of sp³-hybridized carbons (Fsp3) is 0.600. The number of carbonyl (C=O) groups excluding carboxylic acids is 1. The van der Waals surface area contributed by atoms with E-state index in [-0.39, 0.29) is 34.5 Å². The summed E-state index contributed by atoms with van der Waals surface area (Å²) < 4.78 is 23.1. The van der Waals surface area contributed by atoms with Gasteiger partial charge in [0.25, 0.3) is 5.91 Å². The highest BCUT2D eigenvalue weighted by Gasteiger charge is 2.45. The number of amides is 1. The number of carbonyl (C=O) groups is 1. The molecule has 6 nitrogen and oxygen atoms in total. The molecule has 2 aromatic carbocycles. The number of rotatable bonds is 1. The number of ether oxygens (including phenoxy) is 1. The summed E-state index contributed by atoms with van der Waals surface area (Å²) in [4.78, 5) is 16.0. The van der Waals surface area contributed by atoms with Crippen LogP contribution in [-0.4, -0.2) is 52.1 Å². The molecule has 1 amide bonds. The number of halogens is 1. The van der Waals surface area contributed by atoms with Gasteiger partial charge in [-0.2, -0.15) is 0 Å². The van der Waals surface area contributed by atoms with Crippen LogP contribution in [-0.2, 0) is 21.5 Å². The smallest absolute Gasteiger partial charge is 0.262 e.